The van der Waals surface area contributed by atoms with Crippen LogP contribution in [0.4, 0.5) is 0 Å². The van der Waals surface area contributed by atoms with Gasteiger partial charge in [0, 0.05) is 31.1 Å². The normalized spacial score (nSPS) is 17.6. The molecule has 0 aromatic heterocycles. The molecule has 1 unspecified atom stereocenters. The Balaban J connectivity index is 2.11. The highest BCUT2D eigenvalue weighted by atomic mass is 16.5. The summed E-state index contributed by atoms with van der Waals surface area (Å²) >= 11 is 0. The Morgan fingerprint density at radius 2 is 1.86 bits per heavy atom. The average molecular weight is 293 g/mol. The van der Waals surface area contributed by atoms with Crippen LogP contribution in [0.25, 0.3) is 0 Å². The summed E-state index contributed by atoms with van der Waals surface area (Å²) in [4.78, 5) is 24.9. The first-order chi connectivity index (χ1) is 10.0. The van der Waals surface area contributed by atoms with Gasteiger partial charge < -0.3 is 19.5 Å². The molecule has 1 aromatic rings. The summed E-state index contributed by atoms with van der Waals surface area (Å²) < 4.78 is 10.3. The van der Waals surface area contributed by atoms with Gasteiger partial charge in [-0.2, -0.15) is 0 Å². The first-order valence-electron chi connectivity index (χ1n) is 6.77. The highest BCUT2D eigenvalue weighted by Gasteiger charge is 2.28. The molecule has 0 spiro atoms. The van der Waals surface area contributed by atoms with Crippen molar-refractivity contribution in [1.29, 1.82) is 0 Å². The summed E-state index contributed by atoms with van der Waals surface area (Å²) in [6.07, 6.45) is 0.824. The highest BCUT2D eigenvalue weighted by molar-refractivity contribution is 5.95. The Kier molecular flexibility index (Phi) is 4.67. The van der Waals surface area contributed by atoms with Crippen LogP contribution in [0.2, 0.25) is 0 Å². The van der Waals surface area contributed by atoms with E-state index in [0.29, 0.717) is 30.2 Å². The van der Waals surface area contributed by atoms with Crippen LogP contribution in [0.3, 0.4) is 0 Å². The molecule has 1 fully saturated rings. The average Bonchev–Trinajstić information content (AvgIpc) is 2.93. The molecule has 1 amide bonds. The molecule has 0 saturated carbocycles. The van der Waals surface area contributed by atoms with Crippen molar-refractivity contribution in [3.05, 3.63) is 23.8 Å². The van der Waals surface area contributed by atoms with Gasteiger partial charge in [-0.3, -0.25) is 9.59 Å². The van der Waals surface area contributed by atoms with Gasteiger partial charge in [0.2, 0.25) is 0 Å². The van der Waals surface area contributed by atoms with E-state index < -0.39 is 5.97 Å². The third-order valence-corrected chi connectivity index (χ3v) is 3.63. The maximum atomic E-state index is 12.5. The van der Waals surface area contributed by atoms with E-state index in [9.17, 15) is 9.59 Å². The minimum absolute atomic E-state index is 0.0268. The second kappa shape index (κ2) is 6.47. The summed E-state index contributed by atoms with van der Waals surface area (Å²) in [5.74, 6) is 0.189. The molecule has 1 heterocycles. The molecular formula is C15H19NO5. The van der Waals surface area contributed by atoms with Crippen molar-refractivity contribution >= 4 is 11.9 Å². The standard InChI is InChI=1S/C15H19NO5/c1-20-12-6-11(7-13(8-12)21-2)15(19)16-4-3-10(9-16)5-14(17)18/h6-8,10H,3-5,9H2,1-2H3,(H,17,18). The van der Waals surface area contributed by atoms with Crippen molar-refractivity contribution in [2.75, 3.05) is 27.3 Å². The number of carbonyl (C=O) groups excluding carboxylic acids is 1. The van der Waals surface area contributed by atoms with Crippen LogP contribution >= 0.6 is 0 Å². The largest absolute Gasteiger partial charge is 0.497 e. The fourth-order valence-corrected chi connectivity index (χ4v) is 2.54. The van der Waals surface area contributed by atoms with Crippen molar-refractivity contribution in [3.63, 3.8) is 0 Å². The van der Waals surface area contributed by atoms with Gasteiger partial charge in [0.15, 0.2) is 0 Å². The number of nitrogens with zero attached hydrogens (tertiary/aromatic N) is 1. The predicted octanol–water partition coefficient (Wildman–Crippen LogP) is 1.64. The van der Waals surface area contributed by atoms with Gasteiger partial charge in [0.1, 0.15) is 11.5 Å². The number of aliphatic carboxylic acids is 1. The second-order valence-electron chi connectivity index (χ2n) is 5.11. The zero-order valence-corrected chi connectivity index (χ0v) is 12.2. The summed E-state index contributed by atoms with van der Waals surface area (Å²) in [5.41, 5.74) is 0.488. The summed E-state index contributed by atoms with van der Waals surface area (Å²) in [5, 5.41) is 8.82. The van der Waals surface area contributed by atoms with Gasteiger partial charge in [-0.05, 0) is 24.5 Å². The van der Waals surface area contributed by atoms with Gasteiger partial charge in [-0.15, -0.1) is 0 Å². The summed E-state index contributed by atoms with van der Waals surface area (Å²) in [7, 11) is 3.06. The molecule has 6 nitrogen and oxygen atoms in total. The van der Waals surface area contributed by atoms with Crippen molar-refractivity contribution in [2.24, 2.45) is 5.92 Å². The molecule has 6 heteroatoms. The van der Waals surface area contributed by atoms with E-state index in [2.05, 4.69) is 0 Å². The van der Waals surface area contributed by atoms with E-state index >= 15 is 0 Å². The molecule has 1 atom stereocenters. The number of ether oxygens (including phenoxy) is 2. The summed E-state index contributed by atoms with van der Waals surface area (Å²) in [6, 6.07) is 5.03. The number of benzene rings is 1. The highest BCUT2D eigenvalue weighted by Crippen LogP contribution is 2.26. The molecule has 2 rings (SSSR count). The zero-order valence-electron chi connectivity index (χ0n) is 12.2. The van der Waals surface area contributed by atoms with Crippen LogP contribution in [-0.2, 0) is 4.79 Å². The van der Waals surface area contributed by atoms with Crippen molar-refractivity contribution in [1.82, 2.24) is 4.90 Å². The Labute approximate surface area is 123 Å². The maximum Gasteiger partial charge on any atom is 0.303 e. The van der Waals surface area contributed by atoms with Gasteiger partial charge in [0.05, 0.1) is 14.2 Å². The molecule has 1 aliphatic rings. The molecule has 1 aliphatic heterocycles. The van der Waals surface area contributed by atoms with Gasteiger partial charge in [-0.1, -0.05) is 0 Å². The lowest BCUT2D eigenvalue weighted by Crippen LogP contribution is -2.29. The lowest BCUT2D eigenvalue weighted by atomic mass is 10.1. The Morgan fingerprint density at radius 1 is 1.24 bits per heavy atom. The van der Waals surface area contributed by atoms with Gasteiger partial charge >= 0.3 is 5.97 Å². The number of carboxylic acids is 1. The fraction of sp³-hybridized carbons (Fsp3) is 0.467. The number of likely N-dealkylation sites (tertiary alicyclic amines) is 1. The smallest absolute Gasteiger partial charge is 0.303 e. The van der Waals surface area contributed by atoms with E-state index in [0.717, 1.165) is 6.42 Å². The fourth-order valence-electron chi connectivity index (χ4n) is 2.54. The van der Waals surface area contributed by atoms with Crippen molar-refractivity contribution < 1.29 is 24.2 Å². The molecular weight excluding hydrogens is 274 g/mol. The monoisotopic (exact) mass is 293 g/mol. The zero-order chi connectivity index (χ0) is 15.4. The molecule has 114 valence electrons. The van der Waals surface area contributed by atoms with Crippen molar-refractivity contribution in [2.45, 2.75) is 12.8 Å². The van der Waals surface area contributed by atoms with Crippen LogP contribution in [0, 0.1) is 5.92 Å². The third kappa shape index (κ3) is 3.65. The van der Waals surface area contributed by atoms with Crippen LogP contribution in [0.15, 0.2) is 18.2 Å². The number of hydrogen-bond donors (Lipinski definition) is 1. The number of carbonyl (C=O) groups is 2. The number of hydrogen-bond acceptors (Lipinski definition) is 4. The SMILES string of the molecule is COc1cc(OC)cc(C(=O)N2CCC(CC(=O)O)C2)c1. The van der Waals surface area contributed by atoms with Crippen LogP contribution in [0.1, 0.15) is 23.2 Å². The topological polar surface area (TPSA) is 76.1 Å². The number of carboxylic acid groups (broad SMARTS) is 1. The van der Waals surface area contributed by atoms with Crippen LogP contribution < -0.4 is 9.47 Å². The van der Waals surface area contributed by atoms with E-state index in [-0.39, 0.29) is 18.2 Å². The Morgan fingerprint density at radius 3 is 2.38 bits per heavy atom. The van der Waals surface area contributed by atoms with E-state index in [1.165, 1.54) is 14.2 Å². The number of rotatable bonds is 5. The molecule has 0 aliphatic carbocycles. The predicted molar refractivity (Wildman–Crippen MR) is 75.8 cm³/mol. The van der Waals surface area contributed by atoms with E-state index in [1.807, 2.05) is 0 Å². The van der Waals surface area contributed by atoms with Crippen molar-refractivity contribution in [3.8, 4) is 11.5 Å². The summed E-state index contributed by atoms with van der Waals surface area (Å²) in [6.45, 7) is 1.06. The molecule has 1 saturated heterocycles. The van der Waals surface area contributed by atoms with Crippen LogP contribution in [-0.4, -0.2) is 49.2 Å². The molecule has 1 N–H and O–H groups in total. The van der Waals surface area contributed by atoms with Gasteiger partial charge in [0.25, 0.3) is 5.91 Å². The lowest BCUT2D eigenvalue weighted by Gasteiger charge is -2.17. The Bertz CT molecular complexity index is 521. The maximum absolute atomic E-state index is 12.5. The number of amides is 1. The molecule has 0 bridgehead atoms. The third-order valence-electron chi connectivity index (χ3n) is 3.63. The van der Waals surface area contributed by atoms with E-state index in [1.54, 1.807) is 23.1 Å². The first-order valence-corrected chi connectivity index (χ1v) is 6.77. The minimum Gasteiger partial charge on any atom is -0.497 e. The van der Waals surface area contributed by atoms with Crippen LogP contribution in [0.5, 0.6) is 11.5 Å². The van der Waals surface area contributed by atoms with E-state index in [4.69, 9.17) is 14.6 Å². The molecule has 0 radical (unpaired) electrons. The first kappa shape index (κ1) is 15.2. The quantitative estimate of drug-likeness (QED) is 0.893. The number of methoxy groups -OCH3 is 2. The molecule has 21 heavy (non-hydrogen) atoms. The second-order valence-corrected chi connectivity index (χ2v) is 5.11. The Hall–Kier alpha value is -2.24. The minimum atomic E-state index is -0.822. The lowest BCUT2D eigenvalue weighted by molar-refractivity contribution is -0.138. The van der Waals surface area contributed by atoms with Gasteiger partial charge in [-0.25, -0.2) is 0 Å². The molecule has 1 aromatic carbocycles.